The molecule has 0 spiro atoms. The molecule has 1 aromatic rings. The Morgan fingerprint density at radius 3 is 1.47 bits per heavy atom. The standard InChI is InChI=1S/C9H9N3O3/c10-7(13)4-2-1-3-5(8(11)14)6(4)9(12)15/h1-3H,(H2,10,13)(H2,11,14)(H2,12,15). The Labute approximate surface area is 85.0 Å². The van der Waals surface area contributed by atoms with Crippen molar-refractivity contribution in [3.63, 3.8) is 0 Å². The molecule has 78 valence electrons. The Hall–Kier alpha value is -2.37. The monoisotopic (exact) mass is 207 g/mol. The minimum absolute atomic E-state index is 0.112. The number of hydrogen-bond acceptors (Lipinski definition) is 3. The maximum atomic E-state index is 11.1. The molecule has 1 rings (SSSR count). The van der Waals surface area contributed by atoms with E-state index < -0.39 is 17.7 Å². The Balaban J connectivity index is 3.56. The summed E-state index contributed by atoms with van der Waals surface area (Å²) in [7, 11) is 0. The van der Waals surface area contributed by atoms with Crippen molar-refractivity contribution in [2.75, 3.05) is 0 Å². The third kappa shape index (κ3) is 1.93. The summed E-state index contributed by atoms with van der Waals surface area (Å²) in [5, 5.41) is 0. The van der Waals surface area contributed by atoms with Gasteiger partial charge >= 0.3 is 0 Å². The molecule has 0 aliphatic heterocycles. The van der Waals surface area contributed by atoms with Gasteiger partial charge in [-0.25, -0.2) is 0 Å². The summed E-state index contributed by atoms with van der Waals surface area (Å²) in [5.74, 6) is -2.60. The predicted molar refractivity (Wildman–Crippen MR) is 52.0 cm³/mol. The molecule has 0 aliphatic carbocycles. The number of carbonyl (C=O) groups is 3. The lowest BCUT2D eigenvalue weighted by atomic mass is 9.99. The van der Waals surface area contributed by atoms with E-state index >= 15 is 0 Å². The maximum absolute atomic E-state index is 11.1. The summed E-state index contributed by atoms with van der Waals surface area (Å²) < 4.78 is 0. The molecule has 3 amide bonds. The van der Waals surface area contributed by atoms with E-state index in [9.17, 15) is 14.4 Å². The second kappa shape index (κ2) is 3.79. The Morgan fingerprint density at radius 2 is 1.20 bits per heavy atom. The van der Waals surface area contributed by atoms with Crippen molar-refractivity contribution in [1.29, 1.82) is 0 Å². The number of nitrogens with two attached hydrogens (primary N) is 3. The van der Waals surface area contributed by atoms with E-state index in [2.05, 4.69) is 0 Å². The van der Waals surface area contributed by atoms with Crippen molar-refractivity contribution in [1.82, 2.24) is 0 Å². The van der Waals surface area contributed by atoms with Crippen LogP contribution in [0.1, 0.15) is 31.1 Å². The first-order valence-corrected chi connectivity index (χ1v) is 3.97. The number of carbonyl (C=O) groups excluding carboxylic acids is 3. The first kappa shape index (κ1) is 10.7. The Morgan fingerprint density at radius 1 is 0.800 bits per heavy atom. The van der Waals surface area contributed by atoms with Crippen LogP contribution in [0.25, 0.3) is 0 Å². The summed E-state index contributed by atoms with van der Waals surface area (Å²) in [6, 6.07) is 4.00. The smallest absolute Gasteiger partial charge is 0.250 e. The van der Waals surface area contributed by atoms with E-state index in [-0.39, 0.29) is 16.7 Å². The number of primary amides is 3. The molecule has 6 N–H and O–H groups in total. The van der Waals surface area contributed by atoms with Crippen LogP contribution in [0.2, 0.25) is 0 Å². The van der Waals surface area contributed by atoms with Gasteiger partial charge < -0.3 is 17.2 Å². The van der Waals surface area contributed by atoms with E-state index in [0.29, 0.717) is 0 Å². The molecule has 1 aromatic carbocycles. The Kier molecular flexibility index (Phi) is 2.70. The average molecular weight is 207 g/mol. The van der Waals surface area contributed by atoms with E-state index in [4.69, 9.17) is 17.2 Å². The zero-order valence-electron chi connectivity index (χ0n) is 7.69. The molecule has 0 heterocycles. The minimum Gasteiger partial charge on any atom is -0.366 e. The second-order valence-corrected chi connectivity index (χ2v) is 2.82. The van der Waals surface area contributed by atoms with Gasteiger partial charge in [0.05, 0.1) is 16.7 Å². The van der Waals surface area contributed by atoms with Crippen molar-refractivity contribution in [3.05, 3.63) is 34.9 Å². The van der Waals surface area contributed by atoms with Crippen LogP contribution < -0.4 is 17.2 Å². The number of benzene rings is 1. The van der Waals surface area contributed by atoms with Gasteiger partial charge in [-0.15, -0.1) is 0 Å². The third-order valence-corrected chi connectivity index (χ3v) is 1.84. The molecule has 0 saturated carbocycles. The molecule has 0 bridgehead atoms. The molecule has 0 aliphatic rings. The highest BCUT2D eigenvalue weighted by molar-refractivity contribution is 6.13. The second-order valence-electron chi connectivity index (χ2n) is 2.82. The van der Waals surface area contributed by atoms with Crippen LogP contribution in [0.5, 0.6) is 0 Å². The molecule has 0 fully saturated rings. The molecule has 0 unspecified atom stereocenters. The largest absolute Gasteiger partial charge is 0.366 e. The topological polar surface area (TPSA) is 129 Å². The van der Waals surface area contributed by atoms with E-state index in [1.807, 2.05) is 0 Å². The summed E-state index contributed by atoms with van der Waals surface area (Å²) in [6.07, 6.45) is 0. The van der Waals surface area contributed by atoms with Gasteiger partial charge in [0.2, 0.25) is 17.7 Å². The predicted octanol–water partition coefficient (Wildman–Crippen LogP) is -1.02. The summed E-state index contributed by atoms with van der Waals surface area (Å²) in [6.45, 7) is 0. The lowest BCUT2D eigenvalue weighted by Crippen LogP contribution is -2.25. The first-order valence-electron chi connectivity index (χ1n) is 3.97. The normalized spacial score (nSPS) is 9.60. The highest BCUT2D eigenvalue weighted by Gasteiger charge is 2.19. The molecule has 0 saturated heterocycles. The fourth-order valence-electron chi connectivity index (χ4n) is 1.23. The van der Waals surface area contributed by atoms with Gasteiger partial charge in [0.15, 0.2) is 0 Å². The van der Waals surface area contributed by atoms with Gasteiger partial charge in [-0.1, -0.05) is 6.07 Å². The van der Waals surface area contributed by atoms with Crippen LogP contribution >= 0.6 is 0 Å². The molecule has 0 atom stereocenters. The van der Waals surface area contributed by atoms with Crippen molar-refractivity contribution < 1.29 is 14.4 Å². The SMILES string of the molecule is NC(=O)c1cccc(C(N)=O)c1C(N)=O. The summed E-state index contributed by atoms with van der Waals surface area (Å²) in [4.78, 5) is 33.0. The van der Waals surface area contributed by atoms with Crippen LogP contribution in [0.4, 0.5) is 0 Å². The van der Waals surface area contributed by atoms with Gasteiger partial charge in [-0.05, 0) is 12.1 Å². The lowest BCUT2D eigenvalue weighted by Gasteiger charge is -2.06. The van der Waals surface area contributed by atoms with Gasteiger partial charge in [-0.2, -0.15) is 0 Å². The van der Waals surface area contributed by atoms with E-state index in [1.54, 1.807) is 0 Å². The molecular weight excluding hydrogens is 198 g/mol. The van der Waals surface area contributed by atoms with Crippen molar-refractivity contribution in [2.24, 2.45) is 17.2 Å². The highest BCUT2D eigenvalue weighted by atomic mass is 16.2. The lowest BCUT2D eigenvalue weighted by molar-refractivity contribution is 0.0954. The van der Waals surface area contributed by atoms with Gasteiger partial charge in [0.1, 0.15) is 0 Å². The van der Waals surface area contributed by atoms with Crippen molar-refractivity contribution in [2.45, 2.75) is 0 Å². The molecule has 15 heavy (non-hydrogen) atoms. The van der Waals surface area contributed by atoms with Gasteiger partial charge in [-0.3, -0.25) is 14.4 Å². The minimum atomic E-state index is -0.918. The third-order valence-electron chi connectivity index (χ3n) is 1.84. The van der Waals surface area contributed by atoms with Crippen molar-refractivity contribution in [3.8, 4) is 0 Å². The van der Waals surface area contributed by atoms with Crippen LogP contribution in [-0.4, -0.2) is 17.7 Å². The van der Waals surface area contributed by atoms with Crippen LogP contribution in [0.15, 0.2) is 18.2 Å². The quantitative estimate of drug-likeness (QED) is 0.586. The fraction of sp³-hybridized carbons (Fsp3) is 0. The molecular formula is C9H9N3O3. The molecule has 0 radical (unpaired) electrons. The summed E-state index contributed by atoms with van der Waals surface area (Å²) >= 11 is 0. The zero-order valence-corrected chi connectivity index (χ0v) is 7.69. The Bertz CT molecular complexity index is 422. The number of hydrogen-bond donors (Lipinski definition) is 3. The van der Waals surface area contributed by atoms with Crippen LogP contribution in [0.3, 0.4) is 0 Å². The van der Waals surface area contributed by atoms with E-state index in [0.717, 1.165) is 0 Å². The zero-order chi connectivity index (χ0) is 11.6. The molecule has 6 heteroatoms. The average Bonchev–Trinajstić information content (AvgIpc) is 2.16. The molecule has 0 aromatic heterocycles. The fourth-order valence-corrected chi connectivity index (χ4v) is 1.23. The first-order chi connectivity index (χ1) is 6.95. The number of amides is 3. The van der Waals surface area contributed by atoms with E-state index in [1.165, 1.54) is 18.2 Å². The van der Waals surface area contributed by atoms with Gasteiger partial charge in [0.25, 0.3) is 0 Å². The molecule has 6 nitrogen and oxygen atoms in total. The maximum Gasteiger partial charge on any atom is 0.250 e. The summed E-state index contributed by atoms with van der Waals surface area (Å²) in [5.41, 5.74) is 14.6. The number of rotatable bonds is 3. The van der Waals surface area contributed by atoms with Crippen LogP contribution in [-0.2, 0) is 0 Å². The van der Waals surface area contributed by atoms with Crippen LogP contribution in [0, 0.1) is 0 Å². The highest BCUT2D eigenvalue weighted by Crippen LogP contribution is 2.13. The van der Waals surface area contributed by atoms with Crippen molar-refractivity contribution >= 4 is 17.7 Å². The van der Waals surface area contributed by atoms with Gasteiger partial charge in [0, 0.05) is 0 Å².